The third-order valence-corrected chi connectivity index (χ3v) is 3.13. The van der Waals surface area contributed by atoms with Crippen LogP contribution in [0.3, 0.4) is 0 Å². The predicted molar refractivity (Wildman–Crippen MR) is 56.5 cm³/mol. The topological polar surface area (TPSA) is 20.2 Å². The molecule has 0 saturated heterocycles. The summed E-state index contributed by atoms with van der Waals surface area (Å²) >= 11 is 0. The molecule has 1 N–H and O–H groups in total. The van der Waals surface area contributed by atoms with Crippen LogP contribution in [0.4, 0.5) is 0 Å². The lowest BCUT2D eigenvalue weighted by atomic mass is 9.75. The van der Waals surface area contributed by atoms with Crippen LogP contribution in [0.2, 0.25) is 0 Å². The van der Waals surface area contributed by atoms with Gasteiger partial charge in [0, 0.05) is 12.5 Å². The number of rotatable bonds is 1. The Balaban J connectivity index is 2.81. The molecule has 1 rings (SSSR count). The van der Waals surface area contributed by atoms with Crippen LogP contribution in [-0.2, 0) is 0 Å². The summed E-state index contributed by atoms with van der Waals surface area (Å²) in [6, 6.07) is 0. The highest BCUT2D eigenvalue weighted by Gasteiger charge is 2.25. The fourth-order valence-electron chi connectivity index (χ4n) is 2.00. The molecule has 1 saturated carbocycles. The van der Waals surface area contributed by atoms with E-state index >= 15 is 0 Å². The third-order valence-electron chi connectivity index (χ3n) is 3.13. The zero-order valence-corrected chi connectivity index (χ0v) is 8.93. The number of aliphatic hydroxyl groups excluding tert-OH is 1. The SMILES string of the molecule is C=C1C(CO)CC(=C(C)C)C[C@@H]1C. The molecular weight excluding hydrogens is 160 g/mol. The zero-order valence-electron chi connectivity index (χ0n) is 8.93. The molecule has 2 atom stereocenters. The van der Waals surface area contributed by atoms with Crippen LogP contribution >= 0.6 is 0 Å². The normalized spacial score (nSPS) is 29.2. The van der Waals surface area contributed by atoms with Gasteiger partial charge in [-0.2, -0.15) is 0 Å². The van der Waals surface area contributed by atoms with Crippen LogP contribution < -0.4 is 0 Å². The highest BCUT2D eigenvalue weighted by Crippen LogP contribution is 2.37. The Kier molecular flexibility index (Phi) is 3.32. The first-order valence-electron chi connectivity index (χ1n) is 5.01. The first-order valence-corrected chi connectivity index (χ1v) is 5.01. The summed E-state index contributed by atoms with van der Waals surface area (Å²) in [4.78, 5) is 0. The molecule has 0 aromatic carbocycles. The minimum absolute atomic E-state index is 0.250. The Morgan fingerprint density at radius 3 is 2.54 bits per heavy atom. The largest absolute Gasteiger partial charge is 0.396 e. The molecule has 0 amide bonds. The van der Waals surface area contributed by atoms with Crippen molar-refractivity contribution in [2.75, 3.05) is 6.61 Å². The second kappa shape index (κ2) is 4.10. The number of aliphatic hydroxyl groups is 1. The van der Waals surface area contributed by atoms with Crippen LogP contribution in [0.15, 0.2) is 23.3 Å². The van der Waals surface area contributed by atoms with Crippen molar-refractivity contribution in [3.8, 4) is 0 Å². The monoisotopic (exact) mass is 180 g/mol. The van der Waals surface area contributed by atoms with Gasteiger partial charge in [0.05, 0.1) is 0 Å². The summed E-state index contributed by atoms with van der Waals surface area (Å²) < 4.78 is 0. The van der Waals surface area contributed by atoms with Crippen molar-refractivity contribution in [1.29, 1.82) is 0 Å². The average molecular weight is 180 g/mol. The van der Waals surface area contributed by atoms with E-state index in [0.717, 1.165) is 12.8 Å². The molecule has 74 valence electrons. The first-order chi connectivity index (χ1) is 6.06. The van der Waals surface area contributed by atoms with Gasteiger partial charge in [0.15, 0.2) is 0 Å². The minimum atomic E-state index is 0.250. The second-order valence-corrected chi connectivity index (χ2v) is 4.37. The summed E-state index contributed by atoms with van der Waals surface area (Å²) in [6.07, 6.45) is 2.15. The molecule has 1 unspecified atom stereocenters. The van der Waals surface area contributed by atoms with Gasteiger partial charge in [-0.1, -0.05) is 30.2 Å². The fourth-order valence-corrected chi connectivity index (χ4v) is 2.00. The maximum atomic E-state index is 9.20. The fraction of sp³-hybridized carbons (Fsp3) is 0.667. The second-order valence-electron chi connectivity index (χ2n) is 4.37. The molecule has 0 aromatic heterocycles. The maximum Gasteiger partial charge on any atom is 0.0499 e. The predicted octanol–water partition coefficient (Wildman–Crippen LogP) is 2.92. The molecule has 1 aliphatic rings. The Labute approximate surface area is 81.2 Å². The molecule has 1 heteroatoms. The lowest BCUT2D eigenvalue weighted by Crippen LogP contribution is -2.21. The molecule has 0 aliphatic heterocycles. The highest BCUT2D eigenvalue weighted by molar-refractivity contribution is 5.23. The molecule has 0 radical (unpaired) electrons. The van der Waals surface area contributed by atoms with Gasteiger partial charge in [0.1, 0.15) is 0 Å². The van der Waals surface area contributed by atoms with E-state index in [1.807, 2.05) is 0 Å². The van der Waals surface area contributed by atoms with Gasteiger partial charge in [0.25, 0.3) is 0 Å². The Hall–Kier alpha value is -0.560. The van der Waals surface area contributed by atoms with Crippen LogP contribution in [0.5, 0.6) is 0 Å². The van der Waals surface area contributed by atoms with E-state index in [9.17, 15) is 5.11 Å². The number of hydrogen-bond donors (Lipinski definition) is 1. The summed E-state index contributed by atoms with van der Waals surface area (Å²) in [5, 5.41) is 9.20. The Morgan fingerprint density at radius 1 is 1.46 bits per heavy atom. The Bertz CT molecular complexity index is 234. The molecule has 1 nitrogen and oxygen atoms in total. The molecule has 1 fully saturated rings. The molecule has 13 heavy (non-hydrogen) atoms. The van der Waals surface area contributed by atoms with E-state index in [0.29, 0.717) is 11.8 Å². The lowest BCUT2D eigenvalue weighted by molar-refractivity contribution is 0.228. The van der Waals surface area contributed by atoms with Crippen molar-refractivity contribution in [1.82, 2.24) is 0 Å². The maximum absolute atomic E-state index is 9.20. The molecule has 0 spiro atoms. The summed E-state index contributed by atoms with van der Waals surface area (Å²) in [5.74, 6) is 0.837. The van der Waals surface area contributed by atoms with Crippen LogP contribution in [-0.4, -0.2) is 11.7 Å². The summed E-state index contributed by atoms with van der Waals surface area (Å²) in [5.41, 5.74) is 4.16. The van der Waals surface area contributed by atoms with Crippen molar-refractivity contribution in [3.63, 3.8) is 0 Å². The molecule has 0 heterocycles. The minimum Gasteiger partial charge on any atom is -0.396 e. The van der Waals surface area contributed by atoms with Crippen LogP contribution in [0, 0.1) is 11.8 Å². The first kappa shape index (κ1) is 10.5. The lowest BCUT2D eigenvalue weighted by Gasteiger charge is -2.31. The number of allylic oxidation sites excluding steroid dienone is 2. The van der Waals surface area contributed by atoms with Gasteiger partial charge in [-0.05, 0) is 32.6 Å². The van der Waals surface area contributed by atoms with Gasteiger partial charge in [-0.25, -0.2) is 0 Å². The van der Waals surface area contributed by atoms with E-state index < -0.39 is 0 Å². The van der Waals surface area contributed by atoms with Gasteiger partial charge in [-0.15, -0.1) is 0 Å². The standard InChI is InChI=1S/C12H20O/c1-8(2)11-5-9(3)10(4)12(6-11)7-13/h9,12-13H,4-7H2,1-3H3/t9-,12?/m0/s1. The van der Waals surface area contributed by atoms with E-state index in [1.54, 1.807) is 0 Å². The van der Waals surface area contributed by atoms with Gasteiger partial charge in [0.2, 0.25) is 0 Å². The highest BCUT2D eigenvalue weighted by atomic mass is 16.3. The van der Waals surface area contributed by atoms with E-state index in [4.69, 9.17) is 0 Å². The van der Waals surface area contributed by atoms with E-state index in [2.05, 4.69) is 27.4 Å². The van der Waals surface area contributed by atoms with Crippen LogP contribution in [0.25, 0.3) is 0 Å². The van der Waals surface area contributed by atoms with E-state index in [-0.39, 0.29) is 6.61 Å². The van der Waals surface area contributed by atoms with Gasteiger partial charge < -0.3 is 5.11 Å². The van der Waals surface area contributed by atoms with Crippen molar-refractivity contribution in [3.05, 3.63) is 23.3 Å². The smallest absolute Gasteiger partial charge is 0.0499 e. The summed E-state index contributed by atoms with van der Waals surface area (Å²) in [6.45, 7) is 10.8. The summed E-state index contributed by atoms with van der Waals surface area (Å²) in [7, 11) is 0. The average Bonchev–Trinajstić information content (AvgIpc) is 2.09. The number of hydrogen-bond acceptors (Lipinski definition) is 1. The van der Waals surface area contributed by atoms with Crippen molar-refractivity contribution in [2.45, 2.75) is 33.6 Å². The molecule has 1 aliphatic carbocycles. The van der Waals surface area contributed by atoms with Gasteiger partial charge in [-0.3, -0.25) is 0 Å². The Morgan fingerprint density at radius 2 is 2.08 bits per heavy atom. The van der Waals surface area contributed by atoms with Gasteiger partial charge >= 0.3 is 0 Å². The molecule has 0 bridgehead atoms. The van der Waals surface area contributed by atoms with E-state index in [1.165, 1.54) is 16.7 Å². The van der Waals surface area contributed by atoms with Crippen molar-refractivity contribution < 1.29 is 5.11 Å². The molecule has 0 aromatic rings. The quantitative estimate of drug-likeness (QED) is 0.615. The zero-order chi connectivity index (χ0) is 10.0. The third kappa shape index (κ3) is 2.22. The van der Waals surface area contributed by atoms with Crippen molar-refractivity contribution in [2.24, 2.45) is 11.8 Å². The van der Waals surface area contributed by atoms with Crippen LogP contribution in [0.1, 0.15) is 33.6 Å². The molecular formula is C12H20O. The van der Waals surface area contributed by atoms with Crippen molar-refractivity contribution >= 4 is 0 Å².